The van der Waals surface area contributed by atoms with E-state index in [0.29, 0.717) is 26.1 Å². The van der Waals surface area contributed by atoms with Crippen LogP contribution in [0.25, 0.3) is 0 Å². The molecule has 0 N–H and O–H groups in total. The quantitative estimate of drug-likeness (QED) is 0.279. The summed E-state index contributed by atoms with van der Waals surface area (Å²) in [6.07, 6.45) is -2.33. The van der Waals surface area contributed by atoms with Gasteiger partial charge in [-0.15, -0.1) is 0 Å². The molecule has 0 aliphatic carbocycles. The third-order valence-corrected chi connectivity index (χ3v) is 6.37. The second-order valence-corrected chi connectivity index (χ2v) is 8.93. The highest BCUT2D eigenvalue weighted by atomic mass is 16.7. The molecular weight excluding hydrogens is 466 g/mol. The van der Waals surface area contributed by atoms with Crippen molar-refractivity contribution in [3.63, 3.8) is 0 Å². The number of carbonyl (C=O) groups excluding carboxylic acids is 3. The summed E-state index contributed by atoms with van der Waals surface area (Å²) in [5.74, 6) is -1.16. The molecule has 9 heteroatoms. The number of nitrogens with zero attached hydrogens (tertiary/aromatic N) is 1. The normalized spacial score (nSPS) is 25.1. The number of hydrogen-bond acceptors (Lipinski definition) is 8. The maximum atomic E-state index is 13.0. The third kappa shape index (κ3) is 5.68. The van der Waals surface area contributed by atoms with Crippen molar-refractivity contribution in [2.75, 3.05) is 13.2 Å². The number of hydrogen-bond donors (Lipinski definition) is 0. The van der Waals surface area contributed by atoms with Gasteiger partial charge in [-0.1, -0.05) is 60.7 Å². The second kappa shape index (κ2) is 11.5. The van der Waals surface area contributed by atoms with Crippen molar-refractivity contribution in [3.05, 3.63) is 71.8 Å². The van der Waals surface area contributed by atoms with Gasteiger partial charge in [0.1, 0.15) is 12.1 Å². The molecule has 4 atom stereocenters. The van der Waals surface area contributed by atoms with Gasteiger partial charge in [-0.2, -0.15) is 0 Å². The van der Waals surface area contributed by atoms with Crippen LogP contribution in [0.4, 0.5) is 4.79 Å². The molecule has 0 bridgehead atoms. The fourth-order valence-electron chi connectivity index (χ4n) is 4.80. The standard InChI is InChI=1S/C27H31NO8/c1-19(29)34-24-25(35-20(2)30)36-23(14-9-15-32-17-22-12-7-4-8-13-22)27(24)18-33-26(31)28(27)16-21-10-5-3-6-11-21/h3-8,10-13,23-25H,9,14-18H2,1-2H3/t23-,24+,25-,27+/m1/s1. The fourth-order valence-corrected chi connectivity index (χ4v) is 4.80. The molecular formula is C27H31NO8. The molecule has 0 saturated carbocycles. The Bertz CT molecular complexity index is 1050. The summed E-state index contributed by atoms with van der Waals surface area (Å²) in [6.45, 7) is 3.60. The van der Waals surface area contributed by atoms with Crippen LogP contribution in [-0.4, -0.2) is 60.2 Å². The van der Waals surface area contributed by atoms with Crippen molar-refractivity contribution in [2.24, 2.45) is 0 Å². The third-order valence-electron chi connectivity index (χ3n) is 6.37. The van der Waals surface area contributed by atoms with E-state index >= 15 is 0 Å². The predicted molar refractivity (Wildman–Crippen MR) is 127 cm³/mol. The molecule has 9 nitrogen and oxygen atoms in total. The first-order valence-electron chi connectivity index (χ1n) is 12.0. The predicted octanol–water partition coefficient (Wildman–Crippen LogP) is 3.59. The zero-order valence-corrected chi connectivity index (χ0v) is 20.5. The van der Waals surface area contributed by atoms with Crippen molar-refractivity contribution in [1.29, 1.82) is 0 Å². The minimum absolute atomic E-state index is 0.0656. The maximum absolute atomic E-state index is 13.0. The minimum Gasteiger partial charge on any atom is -0.453 e. The summed E-state index contributed by atoms with van der Waals surface area (Å²) < 4.78 is 28.5. The van der Waals surface area contributed by atoms with Crippen LogP contribution in [0, 0.1) is 0 Å². The molecule has 192 valence electrons. The van der Waals surface area contributed by atoms with Crippen LogP contribution in [-0.2, 0) is 46.4 Å². The Morgan fingerprint density at radius 3 is 2.25 bits per heavy atom. The maximum Gasteiger partial charge on any atom is 0.410 e. The molecule has 2 aliphatic heterocycles. The van der Waals surface area contributed by atoms with E-state index in [1.807, 2.05) is 60.7 Å². The fraction of sp³-hybridized carbons (Fsp3) is 0.444. The number of carbonyl (C=O) groups is 3. The van der Waals surface area contributed by atoms with Crippen LogP contribution < -0.4 is 0 Å². The largest absolute Gasteiger partial charge is 0.453 e. The number of esters is 2. The lowest BCUT2D eigenvalue weighted by Gasteiger charge is -2.38. The molecule has 2 aromatic carbocycles. The Morgan fingerprint density at radius 2 is 1.61 bits per heavy atom. The van der Waals surface area contributed by atoms with Crippen LogP contribution in [0.2, 0.25) is 0 Å². The lowest BCUT2D eigenvalue weighted by molar-refractivity contribution is -0.195. The SMILES string of the molecule is CC(=O)O[C@@H]1O[C@H](CCCOCc2ccccc2)[C@@]2(COC(=O)N2Cc2ccccc2)[C@H]1OC(C)=O. The van der Waals surface area contributed by atoms with E-state index in [2.05, 4.69) is 0 Å². The Labute approximate surface area is 210 Å². The monoisotopic (exact) mass is 497 g/mol. The van der Waals surface area contributed by atoms with Crippen molar-refractivity contribution in [2.45, 2.75) is 63.9 Å². The average Bonchev–Trinajstić information content (AvgIpc) is 3.32. The van der Waals surface area contributed by atoms with Gasteiger partial charge in [-0.05, 0) is 24.0 Å². The van der Waals surface area contributed by atoms with Gasteiger partial charge >= 0.3 is 18.0 Å². The van der Waals surface area contributed by atoms with E-state index in [9.17, 15) is 14.4 Å². The first kappa shape index (κ1) is 25.7. The number of cyclic esters (lactones) is 1. The lowest BCUT2D eigenvalue weighted by atomic mass is 9.85. The molecule has 2 heterocycles. The van der Waals surface area contributed by atoms with Crippen LogP contribution in [0.1, 0.15) is 37.8 Å². The number of benzene rings is 2. The first-order valence-corrected chi connectivity index (χ1v) is 12.0. The summed E-state index contributed by atoms with van der Waals surface area (Å²) in [5.41, 5.74) is 0.774. The second-order valence-electron chi connectivity index (χ2n) is 8.93. The topological polar surface area (TPSA) is 101 Å². The van der Waals surface area contributed by atoms with Crippen molar-refractivity contribution in [3.8, 4) is 0 Å². The molecule has 0 radical (unpaired) electrons. The summed E-state index contributed by atoms with van der Waals surface area (Å²) in [6, 6.07) is 19.3. The van der Waals surface area contributed by atoms with Gasteiger partial charge in [-0.3, -0.25) is 14.5 Å². The molecule has 2 fully saturated rings. The zero-order valence-electron chi connectivity index (χ0n) is 20.5. The van der Waals surface area contributed by atoms with Gasteiger partial charge in [0.25, 0.3) is 0 Å². The molecule has 0 aromatic heterocycles. The molecule has 0 unspecified atom stereocenters. The first-order chi connectivity index (χ1) is 17.4. The molecule has 2 saturated heterocycles. The molecule has 36 heavy (non-hydrogen) atoms. The summed E-state index contributed by atoms with van der Waals surface area (Å²) in [5, 5.41) is 0. The Hall–Kier alpha value is -3.43. The van der Waals surface area contributed by atoms with Crippen LogP contribution in [0.3, 0.4) is 0 Å². The van der Waals surface area contributed by atoms with Gasteiger partial charge in [0.2, 0.25) is 6.29 Å². The van der Waals surface area contributed by atoms with E-state index in [-0.39, 0.29) is 13.2 Å². The lowest BCUT2D eigenvalue weighted by Crippen LogP contribution is -2.61. The van der Waals surface area contributed by atoms with Gasteiger partial charge in [0, 0.05) is 20.5 Å². The van der Waals surface area contributed by atoms with Crippen LogP contribution >= 0.6 is 0 Å². The zero-order chi connectivity index (χ0) is 25.5. The number of rotatable bonds is 10. The van der Waals surface area contributed by atoms with Crippen molar-refractivity contribution >= 4 is 18.0 Å². The minimum atomic E-state index is -1.17. The highest BCUT2D eigenvalue weighted by Crippen LogP contribution is 2.45. The molecule has 4 rings (SSSR count). The highest BCUT2D eigenvalue weighted by molar-refractivity contribution is 5.73. The summed E-state index contributed by atoms with van der Waals surface area (Å²) in [7, 11) is 0. The van der Waals surface area contributed by atoms with E-state index in [1.165, 1.54) is 18.7 Å². The number of ether oxygens (including phenoxy) is 5. The van der Waals surface area contributed by atoms with Crippen molar-refractivity contribution < 1.29 is 38.1 Å². The van der Waals surface area contributed by atoms with E-state index in [1.54, 1.807) is 0 Å². The number of amides is 1. The molecule has 1 amide bonds. The van der Waals surface area contributed by atoms with Crippen LogP contribution in [0.5, 0.6) is 0 Å². The summed E-state index contributed by atoms with van der Waals surface area (Å²) in [4.78, 5) is 38.4. The highest BCUT2D eigenvalue weighted by Gasteiger charge is 2.67. The van der Waals surface area contributed by atoms with E-state index in [4.69, 9.17) is 23.7 Å². The molecule has 2 aromatic rings. The Kier molecular flexibility index (Phi) is 8.22. The summed E-state index contributed by atoms with van der Waals surface area (Å²) >= 11 is 0. The molecule has 1 spiro atoms. The van der Waals surface area contributed by atoms with Crippen LogP contribution in [0.15, 0.2) is 60.7 Å². The van der Waals surface area contributed by atoms with Gasteiger partial charge < -0.3 is 23.7 Å². The molecule has 2 aliphatic rings. The van der Waals surface area contributed by atoms with E-state index in [0.717, 1.165) is 11.1 Å². The van der Waals surface area contributed by atoms with E-state index < -0.39 is 42.1 Å². The van der Waals surface area contributed by atoms with Crippen molar-refractivity contribution in [1.82, 2.24) is 4.90 Å². The van der Waals surface area contributed by atoms with Gasteiger partial charge in [-0.25, -0.2) is 4.79 Å². The smallest absolute Gasteiger partial charge is 0.410 e. The Morgan fingerprint density at radius 1 is 0.972 bits per heavy atom. The van der Waals surface area contributed by atoms with Gasteiger partial charge in [0.15, 0.2) is 6.10 Å². The Balaban J connectivity index is 1.55. The van der Waals surface area contributed by atoms with Gasteiger partial charge in [0.05, 0.1) is 19.3 Å². The average molecular weight is 498 g/mol.